The lowest BCUT2D eigenvalue weighted by Gasteiger charge is -2.32. The summed E-state index contributed by atoms with van der Waals surface area (Å²) in [4.78, 5) is 0. The minimum atomic E-state index is -3.37. The van der Waals surface area contributed by atoms with Gasteiger partial charge in [0.1, 0.15) is 5.60 Å². The number of phosphoric acid groups is 1. The van der Waals surface area contributed by atoms with Crippen LogP contribution in [0.5, 0.6) is 0 Å². The molecule has 0 radical (unpaired) electrons. The summed E-state index contributed by atoms with van der Waals surface area (Å²) in [6.07, 6.45) is 5.73. The summed E-state index contributed by atoms with van der Waals surface area (Å²) in [5.41, 5.74) is -0.830. The van der Waals surface area contributed by atoms with Crippen LogP contribution in [0.2, 0.25) is 0 Å². The van der Waals surface area contributed by atoms with E-state index in [1.54, 1.807) is 6.92 Å². The van der Waals surface area contributed by atoms with Gasteiger partial charge in [0.05, 0.1) is 6.61 Å². The monoisotopic (exact) mass is 190 g/mol. The number of rotatable bonds is 1. The lowest BCUT2D eigenvalue weighted by Crippen LogP contribution is -2.31. The van der Waals surface area contributed by atoms with Gasteiger partial charge in [-0.2, -0.15) is 0 Å². The minimum absolute atomic E-state index is 0.297. The van der Waals surface area contributed by atoms with E-state index in [9.17, 15) is 4.57 Å². The third-order valence-corrected chi connectivity index (χ3v) is 3.24. The summed E-state index contributed by atoms with van der Waals surface area (Å²) in [5, 5.41) is 0. The van der Waals surface area contributed by atoms with Gasteiger partial charge in [-0.1, -0.05) is 5.92 Å². The zero-order chi connectivity index (χ0) is 9.24. The lowest BCUT2D eigenvalue weighted by atomic mass is 10.1. The van der Waals surface area contributed by atoms with Crippen LogP contribution in [0.25, 0.3) is 0 Å². The van der Waals surface area contributed by atoms with E-state index in [-0.39, 0.29) is 0 Å². The lowest BCUT2D eigenvalue weighted by molar-refractivity contribution is 0.0100. The summed E-state index contributed by atoms with van der Waals surface area (Å²) in [6, 6.07) is 0. The largest absolute Gasteiger partial charge is 0.475 e. The molecule has 12 heavy (non-hydrogen) atoms. The molecule has 0 N–H and O–H groups in total. The van der Waals surface area contributed by atoms with Crippen molar-refractivity contribution < 1.29 is 18.1 Å². The molecule has 2 unspecified atom stereocenters. The second kappa shape index (κ2) is 3.20. The first-order chi connectivity index (χ1) is 5.54. The van der Waals surface area contributed by atoms with Crippen LogP contribution >= 0.6 is 7.82 Å². The molecular formula is C7H11O4P. The fourth-order valence-electron chi connectivity index (χ4n) is 0.859. The van der Waals surface area contributed by atoms with Crippen molar-refractivity contribution in [2.24, 2.45) is 0 Å². The van der Waals surface area contributed by atoms with Gasteiger partial charge in [0.2, 0.25) is 0 Å². The van der Waals surface area contributed by atoms with Crippen molar-refractivity contribution in [3.05, 3.63) is 0 Å². The van der Waals surface area contributed by atoms with E-state index in [2.05, 4.69) is 10.4 Å². The predicted molar refractivity (Wildman–Crippen MR) is 43.5 cm³/mol. The maximum absolute atomic E-state index is 11.4. The summed E-state index contributed by atoms with van der Waals surface area (Å²) in [6.45, 7) is 1.98. The van der Waals surface area contributed by atoms with Crippen LogP contribution < -0.4 is 0 Å². The molecule has 1 rings (SSSR count). The van der Waals surface area contributed by atoms with Crippen LogP contribution in [-0.2, 0) is 18.1 Å². The number of hydrogen-bond acceptors (Lipinski definition) is 4. The zero-order valence-electron chi connectivity index (χ0n) is 7.07. The number of terminal acetylenes is 1. The average Bonchev–Trinajstić information content (AvgIpc) is 2.05. The van der Waals surface area contributed by atoms with E-state index in [0.29, 0.717) is 13.0 Å². The quantitative estimate of drug-likeness (QED) is 0.465. The highest BCUT2D eigenvalue weighted by atomic mass is 31.2. The third kappa shape index (κ3) is 1.88. The maximum Gasteiger partial charge on any atom is 0.475 e. The Morgan fingerprint density at radius 1 is 1.75 bits per heavy atom. The molecule has 1 fully saturated rings. The van der Waals surface area contributed by atoms with Gasteiger partial charge in [0, 0.05) is 13.5 Å². The fraction of sp³-hybridized carbons (Fsp3) is 0.714. The van der Waals surface area contributed by atoms with Crippen LogP contribution in [-0.4, -0.2) is 19.3 Å². The standard InChI is InChI=1S/C7H11O4P/c1-4-7(2)5-6-10-12(8,9-3)11-7/h1H,5-6H2,2-3H3. The second-order valence-corrected chi connectivity index (χ2v) is 4.38. The Morgan fingerprint density at radius 3 is 2.92 bits per heavy atom. The van der Waals surface area contributed by atoms with Crippen LogP contribution in [0.3, 0.4) is 0 Å². The van der Waals surface area contributed by atoms with Crippen molar-refractivity contribution in [3.8, 4) is 12.3 Å². The minimum Gasteiger partial charge on any atom is -0.290 e. The summed E-state index contributed by atoms with van der Waals surface area (Å²) < 4.78 is 25.9. The van der Waals surface area contributed by atoms with Crippen molar-refractivity contribution in [2.75, 3.05) is 13.7 Å². The normalized spacial score (nSPS) is 42.1. The van der Waals surface area contributed by atoms with E-state index in [0.717, 1.165) is 0 Å². The molecule has 0 saturated carbocycles. The topological polar surface area (TPSA) is 44.8 Å². The maximum atomic E-state index is 11.4. The van der Waals surface area contributed by atoms with Gasteiger partial charge >= 0.3 is 7.82 Å². The molecule has 0 aromatic rings. The Labute approximate surface area is 71.8 Å². The highest BCUT2D eigenvalue weighted by Crippen LogP contribution is 2.55. The second-order valence-electron chi connectivity index (χ2n) is 2.68. The first-order valence-electron chi connectivity index (χ1n) is 3.52. The Hall–Kier alpha value is -0.330. The molecule has 68 valence electrons. The SMILES string of the molecule is C#CC1(C)CCOP(=O)(OC)O1. The molecule has 0 amide bonds. The van der Waals surface area contributed by atoms with E-state index in [4.69, 9.17) is 15.5 Å². The fourth-order valence-corrected chi connectivity index (χ4v) is 2.04. The Bertz CT molecular complexity index is 257. The van der Waals surface area contributed by atoms with E-state index < -0.39 is 13.4 Å². The third-order valence-electron chi connectivity index (χ3n) is 1.67. The van der Waals surface area contributed by atoms with Gasteiger partial charge in [-0.05, 0) is 6.92 Å². The molecule has 1 aliphatic rings. The van der Waals surface area contributed by atoms with E-state index in [1.807, 2.05) is 0 Å². The van der Waals surface area contributed by atoms with Crippen molar-refractivity contribution in [1.29, 1.82) is 0 Å². The summed E-state index contributed by atoms with van der Waals surface area (Å²) >= 11 is 0. The molecule has 1 saturated heterocycles. The van der Waals surface area contributed by atoms with Gasteiger partial charge in [-0.25, -0.2) is 4.57 Å². The molecule has 0 spiro atoms. The van der Waals surface area contributed by atoms with Gasteiger partial charge in [0.15, 0.2) is 0 Å². The highest BCUT2D eigenvalue weighted by molar-refractivity contribution is 7.48. The molecule has 0 bridgehead atoms. The van der Waals surface area contributed by atoms with Crippen LogP contribution in [0, 0.1) is 12.3 Å². The van der Waals surface area contributed by atoms with E-state index >= 15 is 0 Å². The van der Waals surface area contributed by atoms with E-state index in [1.165, 1.54) is 7.11 Å². The molecular weight excluding hydrogens is 179 g/mol. The van der Waals surface area contributed by atoms with Crippen molar-refractivity contribution in [3.63, 3.8) is 0 Å². The smallest absolute Gasteiger partial charge is 0.290 e. The zero-order valence-corrected chi connectivity index (χ0v) is 7.97. The van der Waals surface area contributed by atoms with Gasteiger partial charge in [-0.3, -0.25) is 13.6 Å². The summed E-state index contributed by atoms with van der Waals surface area (Å²) in [5.74, 6) is 2.42. The first kappa shape index (κ1) is 9.76. The average molecular weight is 190 g/mol. The number of hydrogen-bond donors (Lipinski definition) is 0. The van der Waals surface area contributed by atoms with Gasteiger partial charge < -0.3 is 0 Å². The summed E-state index contributed by atoms with van der Waals surface area (Å²) in [7, 11) is -2.11. The molecule has 0 aromatic carbocycles. The molecule has 0 aromatic heterocycles. The molecule has 4 nitrogen and oxygen atoms in total. The van der Waals surface area contributed by atoms with Crippen molar-refractivity contribution >= 4 is 7.82 Å². The first-order valence-corrected chi connectivity index (χ1v) is 4.98. The van der Waals surface area contributed by atoms with Crippen LogP contribution in [0.1, 0.15) is 13.3 Å². The number of phosphoric ester groups is 1. The Balaban J connectivity index is 2.78. The van der Waals surface area contributed by atoms with Crippen LogP contribution in [0.4, 0.5) is 0 Å². The van der Waals surface area contributed by atoms with Gasteiger partial charge in [-0.15, -0.1) is 6.42 Å². The van der Waals surface area contributed by atoms with Crippen LogP contribution in [0.15, 0.2) is 0 Å². The molecule has 1 aliphatic heterocycles. The molecule has 2 atom stereocenters. The molecule has 1 heterocycles. The molecule has 5 heteroatoms. The van der Waals surface area contributed by atoms with Gasteiger partial charge in [0.25, 0.3) is 0 Å². The van der Waals surface area contributed by atoms with Crippen molar-refractivity contribution in [2.45, 2.75) is 18.9 Å². The molecule has 0 aliphatic carbocycles. The Kier molecular flexibility index (Phi) is 2.60. The highest BCUT2D eigenvalue weighted by Gasteiger charge is 2.40. The Morgan fingerprint density at radius 2 is 2.42 bits per heavy atom. The van der Waals surface area contributed by atoms with Crippen molar-refractivity contribution in [1.82, 2.24) is 0 Å². The predicted octanol–water partition coefficient (Wildman–Crippen LogP) is 1.57.